The maximum atomic E-state index is 11.5. The van der Waals surface area contributed by atoms with E-state index < -0.39 is 6.10 Å². The summed E-state index contributed by atoms with van der Waals surface area (Å²) in [5.41, 5.74) is 1.55. The number of carbonyl (C=O) groups is 1. The molecule has 3 heteroatoms. The molecule has 0 fully saturated rings. The van der Waals surface area contributed by atoms with Crippen molar-refractivity contribution in [2.45, 2.75) is 25.9 Å². The highest BCUT2D eigenvalue weighted by atomic mass is 16.3. The Labute approximate surface area is 82.0 Å². The highest BCUT2D eigenvalue weighted by Crippen LogP contribution is 2.37. The molecule has 1 aliphatic rings. The van der Waals surface area contributed by atoms with E-state index in [9.17, 15) is 9.90 Å². The summed E-state index contributed by atoms with van der Waals surface area (Å²) < 4.78 is 5.21. The second-order valence-corrected chi connectivity index (χ2v) is 3.61. The number of Topliss-reactive ketones (excluding diaryl/α,β-unsaturated/α-hetero) is 1. The SMILES string of the molecule is CC1=C(C)C(c2ccco2)C(O)C1=O. The minimum Gasteiger partial charge on any atom is -0.469 e. The summed E-state index contributed by atoms with van der Waals surface area (Å²) in [5, 5.41) is 9.72. The van der Waals surface area contributed by atoms with Crippen LogP contribution in [0.25, 0.3) is 0 Å². The third-order valence-electron chi connectivity index (χ3n) is 2.86. The van der Waals surface area contributed by atoms with Gasteiger partial charge >= 0.3 is 0 Å². The first-order chi connectivity index (χ1) is 6.63. The molecule has 1 aliphatic carbocycles. The maximum absolute atomic E-state index is 11.5. The molecule has 0 aromatic carbocycles. The molecule has 1 N–H and O–H groups in total. The molecule has 0 aliphatic heterocycles. The minimum absolute atomic E-state index is 0.191. The highest BCUT2D eigenvalue weighted by Gasteiger charge is 2.38. The van der Waals surface area contributed by atoms with Crippen LogP contribution < -0.4 is 0 Å². The Kier molecular flexibility index (Phi) is 2.04. The summed E-state index contributed by atoms with van der Waals surface area (Å²) in [6.07, 6.45) is 0.578. The predicted octanol–water partition coefficient (Wildman–Crippen LogP) is 1.64. The van der Waals surface area contributed by atoms with E-state index >= 15 is 0 Å². The first-order valence-corrected chi connectivity index (χ1v) is 4.56. The van der Waals surface area contributed by atoms with Gasteiger partial charge in [-0.2, -0.15) is 0 Å². The molecule has 0 radical (unpaired) electrons. The number of aliphatic hydroxyl groups excluding tert-OH is 1. The van der Waals surface area contributed by atoms with Crippen molar-refractivity contribution in [2.75, 3.05) is 0 Å². The van der Waals surface area contributed by atoms with E-state index in [2.05, 4.69) is 0 Å². The molecule has 2 rings (SSSR count). The summed E-state index contributed by atoms with van der Waals surface area (Å²) in [5.74, 6) is 0.168. The molecule has 0 saturated heterocycles. The van der Waals surface area contributed by atoms with Crippen molar-refractivity contribution in [1.29, 1.82) is 0 Å². The minimum atomic E-state index is -0.971. The van der Waals surface area contributed by atoms with Crippen LogP contribution in [0.15, 0.2) is 34.0 Å². The Morgan fingerprint density at radius 1 is 1.43 bits per heavy atom. The van der Waals surface area contributed by atoms with Crippen LogP contribution in [0.1, 0.15) is 25.5 Å². The Morgan fingerprint density at radius 3 is 2.57 bits per heavy atom. The summed E-state index contributed by atoms with van der Waals surface area (Å²) in [6, 6.07) is 3.54. The van der Waals surface area contributed by atoms with Gasteiger partial charge in [-0.05, 0) is 31.6 Å². The number of hydrogen-bond donors (Lipinski definition) is 1. The van der Waals surface area contributed by atoms with Gasteiger partial charge in [-0.15, -0.1) is 0 Å². The van der Waals surface area contributed by atoms with Crippen molar-refractivity contribution < 1.29 is 14.3 Å². The van der Waals surface area contributed by atoms with E-state index in [4.69, 9.17) is 4.42 Å². The quantitative estimate of drug-likeness (QED) is 0.735. The molecule has 2 atom stereocenters. The molecule has 0 saturated carbocycles. The summed E-state index contributed by atoms with van der Waals surface area (Å²) in [4.78, 5) is 11.5. The molecule has 14 heavy (non-hydrogen) atoms. The number of aliphatic hydroxyl groups is 1. The van der Waals surface area contributed by atoms with Crippen molar-refractivity contribution >= 4 is 5.78 Å². The van der Waals surface area contributed by atoms with Gasteiger partial charge in [0.1, 0.15) is 11.9 Å². The van der Waals surface area contributed by atoms with Crippen LogP contribution in [0.4, 0.5) is 0 Å². The second kappa shape index (κ2) is 3.10. The third-order valence-corrected chi connectivity index (χ3v) is 2.86. The van der Waals surface area contributed by atoms with Crippen molar-refractivity contribution in [2.24, 2.45) is 0 Å². The number of carbonyl (C=O) groups excluding carboxylic acids is 1. The van der Waals surface area contributed by atoms with Gasteiger partial charge in [-0.1, -0.05) is 5.57 Å². The Balaban J connectivity index is 2.43. The topological polar surface area (TPSA) is 50.4 Å². The van der Waals surface area contributed by atoms with Gasteiger partial charge < -0.3 is 9.52 Å². The van der Waals surface area contributed by atoms with E-state index in [1.807, 2.05) is 6.92 Å². The van der Waals surface area contributed by atoms with Gasteiger partial charge in [0.05, 0.1) is 12.2 Å². The molecule has 74 valence electrons. The van der Waals surface area contributed by atoms with Crippen molar-refractivity contribution in [3.8, 4) is 0 Å². The zero-order valence-corrected chi connectivity index (χ0v) is 8.15. The summed E-state index contributed by atoms with van der Waals surface area (Å²) in [7, 11) is 0. The largest absolute Gasteiger partial charge is 0.469 e. The van der Waals surface area contributed by atoms with Crippen LogP contribution in [-0.4, -0.2) is 17.0 Å². The molecule has 1 aromatic heterocycles. The standard InChI is InChI=1S/C11H12O3/c1-6-7(2)10(12)11(13)9(6)8-4-3-5-14-8/h3-5,9,11,13H,1-2H3. The maximum Gasteiger partial charge on any atom is 0.188 e. The average molecular weight is 192 g/mol. The van der Waals surface area contributed by atoms with Gasteiger partial charge in [0.2, 0.25) is 0 Å². The smallest absolute Gasteiger partial charge is 0.188 e. The van der Waals surface area contributed by atoms with Gasteiger partial charge in [0.25, 0.3) is 0 Å². The normalized spacial score (nSPS) is 27.5. The van der Waals surface area contributed by atoms with E-state index in [0.29, 0.717) is 11.3 Å². The first kappa shape index (κ1) is 9.21. The van der Waals surface area contributed by atoms with Crippen molar-refractivity contribution in [3.05, 3.63) is 35.3 Å². The van der Waals surface area contributed by atoms with Crippen molar-refractivity contribution in [3.63, 3.8) is 0 Å². The Morgan fingerprint density at radius 2 is 2.14 bits per heavy atom. The van der Waals surface area contributed by atoms with Gasteiger partial charge in [-0.3, -0.25) is 4.79 Å². The molecule has 3 nitrogen and oxygen atoms in total. The molecule has 2 unspecified atom stereocenters. The van der Waals surface area contributed by atoms with Crippen LogP contribution in [0.3, 0.4) is 0 Å². The first-order valence-electron chi connectivity index (χ1n) is 4.56. The number of ketones is 1. The second-order valence-electron chi connectivity index (χ2n) is 3.61. The number of furan rings is 1. The van der Waals surface area contributed by atoms with E-state index in [-0.39, 0.29) is 11.7 Å². The molecule has 1 heterocycles. The van der Waals surface area contributed by atoms with Crippen LogP contribution in [-0.2, 0) is 4.79 Å². The summed E-state index contributed by atoms with van der Waals surface area (Å²) >= 11 is 0. The lowest BCUT2D eigenvalue weighted by molar-refractivity contribution is -0.122. The number of hydrogen-bond acceptors (Lipinski definition) is 3. The lowest BCUT2D eigenvalue weighted by Gasteiger charge is -2.12. The zero-order chi connectivity index (χ0) is 10.3. The monoisotopic (exact) mass is 192 g/mol. The predicted molar refractivity (Wildman–Crippen MR) is 50.8 cm³/mol. The lowest BCUT2D eigenvalue weighted by Crippen LogP contribution is -2.21. The fraction of sp³-hybridized carbons (Fsp3) is 0.364. The molecule has 0 amide bonds. The van der Waals surface area contributed by atoms with E-state index in [0.717, 1.165) is 5.57 Å². The fourth-order valence-corrected chi connectivity index (χ4v) is 1.87. The van der Waals surface area contributed by atoms with E-state index in [1.165, 1.54) is 0 Å². The van der Waals surface area contributed by atoms with Crippen LogP contribution in [0, 0.1) is 0 Å². The van der Waals surface area contributed by atoms with Gasteiger partial charge in [-0.25, -0.2) is 0 Å². The zero-order valence-electron chi connectivity index (χ0n) is 8.15. The average Bonchev–Trinajstić information content (AvgIpc) is 2.73. The van der Waals surface area contributed by atoms with Crippen LogP contribution >= 0.6 is 0 Å². The van der Waals surface area contributed by atoms with Crippen LogP contribution in [0.5, 0.6) is 0 Å². The Hall–Kier alpha value is -1.35. The van der Waals surface area contributed by atoms with E-state index in [1.54, 1.807) is 25.3 Å². The Bertz CT molecular complexity index is 387. The molecule has 0 bridgehead atoms. The summed E-state index contributed by atoms with van der Waals surface area (Å²) in [6.45, 7) is 3.60. The molecular formula is C11H12O3. The molecular weight excluding hydrogens is 180 g/mol. The lowest BCUT2D eigenvalue weighted by atomic mass is 9.97. The van der Waals surface area contributed by atoms with Gasteiger partial charge in [0.15, 0.2) is 5.78 Å². The third kappa shape index (κ3) is 1.13. The van der Waals surface area contributed by atoms with Crippen molar-refractivity contribution in [1.82, 2.24) is 0 Å². The molecule has 0 spiro atoms. The van der Waals surface area contributed by atoms with Crippen LogP contribution in [0.2, 0.25) is 0 Å². The highest BCUT2D eigenvalue weighted by molar-refractivity contribution is 6.02. The molecule has 1 aromatic rings. The fourth-order valence-electron chi connectivity index (χ4n) is 1.87. The van der Waals surface area contributed by atoms with Gasteiger partial charge in [0, 0.05) is 0 Å². The number of rotatable bonds is 1.